The molecule has 1 aliphatic heterocycles. The first-order valence-corrected chi connectivity index (χ1v) is 27.7. The van der Waals surface area contributed by atoms with Gasteiger partial charge in [-0.1, -0.05) is 6.92 Å². The molecule has 0 spiro atoms. The highest BCUT2D eigenvalue weighted by Crippen LogP contribution is 2.35. The number of carbonyl (C=O) groups excluding carboxylic acids is 4. The molecular weight excluding hydrogens is 1130 g/mol. The number of amidine groups is 1. The van der Waals surface area contributed by atoms with Gasteiger partial charge < -0.3 is 77.4 Å². The van der Waals surface area contributed by atoms with Crippen LogP contribution in [0.4, 0.5) is 32.8 Å². The van der Waals surface area contributed by atoms with E-state index in [1.165, 1.54) is 23.5 Å². The fourth-order valence-corrected chi connectivity index (χ4v) is 7.81. The van der Waals surface area contributed by atoms with Crippen LogP contribution in [0.15, 0.2) is 22.7 Å². The topological polar surface area (TPSA) is 302 Å². The van der Waals surface area contributed by atoms with Gasteiger partial charge in [0, 0.05) is 49.7 Å². The van der Waals surface area contributed by atoms with Crippen molar-refractivity contribution in [3.05, 3.63) is 50.7 Å². The third-order valence-electron chi connectivity index (χ3n) is 9.90. The van der Waals surface area contributed by atoms with Crippen LogP contribution in [-0.4, -0.2) is 218 Å². The first-order chi connectivity index (χ1) is 39.3. The maximum atomic E-state index is 13.6. The Morgan fingerprint density at radius 2 is 1.12 bits per heavy atom. The Labute approximate surface area is 473 Å². The summed E-state index contributed by atoms with van der Waals surface area (Å²) in [5.41, 5.74) is 7.04. The summed E-state index contributed by atoms with van der Waals surface area (Å²) in [4.78, 5) is 60.7. The number of amides is 3. The molecule has 3 rings (SSSR count). The number of benzene rings is 1. The zero-order chi connectivity index (χ0) is 58.7. The van der Waals surface area contributed by atoms with E-state index in [1.54, 1.807) is 12.1 Å². The number of nitrogens with one attached hydrogen (secondary N) is 3. The highest BCUT2D eigenvalue weighted by atomic mass is 32.2. The van der Waals surface area contributed by atoms with Gasteiger partial charge in [-0.15, -0.1) is 11.3 Å². The first kappa shape index (κ1) is 70.2. The SMILES string of the molecule is CCCN(OCCNC(=O)OCCOCCOCCOCCOCCOCCOCCOCCOCCOCCOCCC(=O)Oc1c(F)c(F)cc(F)c1F)C(=O)C1=Cc2sc(CNS(=O)NC(=O)OCCOC)cc2N=C(N)C1. The minimum atomic E-state index is -1.93. The van der Waals surface area contributed by atoms with Crippen molar-refractivity contribution in [1.82, 2.24) is 19.8 Å². The largest absolute Gasteiger partial charge is 0.447 e. The number of hydrogen-bond donors (Lipinski definition) is 4. The molecule has 1 aliphatic rings. The van der Waals surface area contributed by atoms with Crippen molar-refractivity contribution < 1.29 is 112 Å². The van der Waals surface area contributed by atoms with Gasteiger partial charge >= 0.3 is 18.2 Å². The average molecular weight is 1210 g/mol. The number of carbonyl (C=O) groups is 4. The van der Waals surface area contributed by atoms with Crippen LogP contribution < -0.4 is 25.2 Å². The molecule has 1 aromatic heterocycles. The molecule has 0 saturated heterocycles. The van der Waals surface area contributed by atoms with Crippen molar-refractivity contribution in [2.75, 3.05) is 179 Å². The van der Waals surface area contributed by atoms with Gasteiger partial charge in [0.05, 0.1) is 162 Å². The van der Waals surface area contributed by atoms with E-state index in [2.05, 4.69) is 24.5 Å². The second-order valence-electron chi connectivity index (χ2n) is 16.2. The Balaban J connectivity index is 1.03. The lowest BCUT2D eigenvalue weighted by Gasteiger charge is -2.22. The summed E-state index contributed by atoms with van der Waals surface area (Å²) in [6.45, 7) is 8.61. The molecule has 3 amide bonds. The minimum Gasteiger partial charge on any atom is -0.447 e. The zero-order valence-electron chi connectivity index (χ0n) is 45.4. The molecule has 2 aromatic rings. The van der Waals surface area contributed by atoms with Gasteiger partial charge in [0.2, 0.25) is 17.4 Å². The predicted molar refractivity (Wildman–Crippen MR) is 282 cm³/mol. The number of esters is 1. The lowest BCUT2D eigenvalue weighted by molar-refractivity contribution is -0.181. The number of halogens is 4. The van der Waals surface area contributed by atoms with Crippen molar-refractivity contribution in [2.24, 2.45) is 10.7 Å². The molecule has 1 unspecified atom stereocenters. The van der Waals surface area contributed by atoms with E-state index in [1.807, 2.05) is 6.92 Å². The van der Waals surface area contributed by atoms with Crippen molar-refractivity contribution in [3.63, 3.8) is 0 Å². The van der Waals surface area contributed by atoms with Gasteiger partial charge in [0.25, 0.3) is 5.91 Å². The van der Waals surface area contributed by atoms with Crippen LogP contribution in [0.5, 0.6) is 5.75 Å². The fraction of sp³-hybridized carbons (Fsp3) is 0.653. The maximum absolute atomic E-state index is 13.6. The smallest absolute Gasteiger partial charge is 0.420 e. The number of fused-ring (bicyclic) bond motifs is 1. The summed E-state index contributed by atoms with van der Waals surface area (Å²) in [6.07, 6.45) is 0.406. The third-order valence-corrected chi connectivity index (χ3v) is 11.7. The molecule has 2 heterocycles. The number of alkyl carbamates (subject to hydrolysis) is 1. The Hall–Kier alpha value is -5.04. The molecule has 32 heteroatoms. The van der Waals surface area contributed by atoms with E-state index in [9.17, 15) is 40.9 Å². The number of thiophene rings is 1. The Morgan fingerprint density at radius 3 is 1.62 bits per heavy atom. The van der Waals surface area contributed by atoms with Crippen LogP contribution >= 0.6 is 11.3 Å². The number of methoxy groups -OCH3 is 1. The predicted octanol–water partition coefficient (Wildman–Crippen LogP) is 3.18. The number of ether oxygens (including phenoxy) is 14. The van der Waals surface area contributed by atoms with E-state index in [0.29, 0.717) is 115 Å². The van der Waals surface area contributed by atoms with Crippen molar-refractivity contribution in [2.45, 2.75) is 32.7 Å². The molecule has 81 heavy (non-hydrogen) atoms. The van der Waals surface area contributed by atoms with E-state index >= 15 is 0 Å². The molecule has 5 N–H and O–H groups in total. The first-order valence-electron chi connectivity index (χ1n) is 25.7. The van der Waals surface area contributed by atoms with Gasteiger partial charge in [0.1, 0.15) is 19.0 Å². The molecule has 1 atom stereocenters. The van der Waals surface area contributed by atoms with Crippen LogP contribution in [-0.2, 0) is 93.7 Å². The molecule has 0 saturated carbocycles. The number of nitrogens with zero attached hydrogens (tertiary/aromatic N) is 2. The Bertz CT molecular complexity index is 2200. The van der Waals surface area contributed by atoms with E-state index < -0.39 is 70.7 Å². The standard InChI is InChI=1S/C49H74F4N6O20S2/c1-3-6-59(47(61)36-31-41-40(57-42(54)32-36)33-37(80-41)35-56-81(64)58-49(63)77-29-9-65-2)78-8-5-55-48(62)76-30-28-75-27-26-74-25-24-73-23-22-72-21-20-71-19-18-70-17-16-69-15-14-68-13-12-67-11-10-66-7-4-43(60)79-46-44(52)38(50)34-39(51)45(46)53/h31,33-34,56H,3-30,32,35H2,1-2H3,(H2,54,57)(H,55,62)(H,58,63). The van der Waals surface area contributed by atoms with Crippen LogP contribution in [0.1, 0.15) is 35.9 Å². The lowest BCUT2D eigenvalue weighted by Crippen LogP contribution is -2.37. The van der Waals surface area contributed by atoms with Crippen molar-refractivity contribution in [3.8, 4) is 5.75 Å². The van der Waals surface area contributed by atoms with Gasteiger partial charge in [-0.25, -0.2) is 42.1 Å². The van der Waals surface area contributed by atoms with Crippen LogP contribution in [0.2, 0.25) is 0 Å². The lowest BCUT2D eigenvalue weighted by atomic mass is 10.1. The molecule has 0 aliphatic carbocycles. The second-order valence-corrected chi connectivity index (χ2v) is 18.4. The summed E-state index contributed by atoms with van der Waals surface area (Å²) in [5.74, 6) is -9.76. The summed E-state index contributed by atoms with van der Waals surface area (Å²) in [7, 11) is 1.46. The molecule has 0 bridgehead atoms. The molecule has 1 aromatic carbocycles. The number of nitrogens with two attached hydrogens (primary N) is 1. The van der Waals surface area contributed by atoms with Gasteiger partial charge in [0.15, 0.2) is 22.8 Å². The number of rotatable bonds is 48. The Morgan fingerprint density at radius 1 is 0.654 bits per heavy atom. The van der Waals surface area contributed by atoms with Crippen molar-refractivity contribution >= 4 is 64.2 Å². The van der Waals surface area contributed by atoms with E-state index in [4.69, 9.17) is 72.2 Å². The van der Waals surface area contributed by atoms with E-state index in [0.717, 1.165) is 4.88 Å². The van der Waals surface area contributed by atoms with Gasteiger partial charge in [-0.3, -0.25) is 14.4 Å². The van der Waals surface area contributed by atoms with E-state index in [-0.39, 0.29) is 104 Å². The Kier molecular flexibility index (Phi) is 38.6. The van der Waals surface area contributed by atoms with Crippen molar-refractivity contribution in [1.29, 1.82) is 0 Å². The zero-order valence-corrected chi connectivity index (χ0v) is 47.0. The summed E-state index contributed by atoms with van der Waals surface area (Å²) < 4.78 is 144. The molecule has 0 fully saturated rings. The average Bonchev–Trinajstić information content (AvgIpc) is 3.87. The monoisotopic (exact) mass is 1210 g/mol. The van der Waals surface area contributed by atoms with Gasteiger partial charge in [-0.05, 0) is 18.6 Å². The quantitative estimate of drug-likeness (QED) is 0.0185. The van der Waals surface area contributed by atoms with Crippen LogP contribution in [0.25, 0.3) is 6.08 Å². The van der Waals surface area contributed by atoms with Gasteiger partial charge in [-0.2, -0.15) is 8.78 Å². The fourth-order valence-electron chi connectivity index (χ4n) is 6.14. The second kappa shape index (κ2) is 44.5. The third kappa shape index (κ3) is 32.4. The molecular formula is C49H74F4N6O20S2. The highest BCUT2D eigenvalue weighted by molar-refractivity contribution is 7.81. The molecule has 26 nitrogen and oxygen atoms in total. The number of aliphatic imine (C=N–C) groups is 1. The summed E-state index contributed by atoms with van der Waals surface area (Å²) >= 11 is -0.620. The van der Waals surface area contributed by atoms with Crippen LogP contribution in [0, 0.1) is 23.3 Å². The molecule has 460 valence electrons. The normalized spacial score (nSPS) is 12.5. The number of hydrogen-bond acceptors (Lipinski definition) is 23. The highest BCUT2D eigenvalue weighted by Gasteiger charge is 2.25. The van der Waals surface area contributed by atoms with Crippen LogP contribution in [0.3, 0.4) is 0 Å². The summed E-state index contributed by atoms with van der Waals surface area (Å²) in [5, 5.41) is 3.78. The molecule has 0 radical (unpaired) electrons. The minimum absolute atomic E-state index is 0.00901. The summed E-state index contributed by atoms with van der Waals surface area (Å²) in [6, 6.07) is 1.75. The number of hydroxylamine groups is 2. The maximum Gasteiger partial charge on any atom is 0.420 e.